The average Bonchev–Trinajstić information content (AvgIpc) is 2.55. The van der Waals surface area contributed by atoms with E-state index in [0.717, 1.165) is 35.8 Å². The summed E-state index contributed by atoms with van der Waals surface area (Å²) in [5, 5.41) is 0.579. The minimum atomic E-state index is -0.161. The summed E-state index contributed by atoms with van der Waals surface area (Å²) < 4.78 is 5.17. The fourth-order valence-corrected chi connectivity index (χ4v) is 3.27. The molecule has 0 radical (unpaired) electrons. The van der Waals surface area contributed by atoms with E-state index in [2.05, 4.69) is 12.1 Å². The third kappa shape index (κ3) is 2.79. The van der Waals surface area contributed by atoms with Gasteiger partial charge in [0.15, 0.2) is 0 Å². The molecule has 0 saturated carbocycles. The van der Waals surface area contributed by atoms with Gasteiger partial charge in [-0.1, -0.05) is 53.6 Å². The van der Waals surface area contributed by atoms with Crippen LogP contribution in [0.25, 0.3) is 6.08 Å². The molecule has 0 spiro atoms. The van der Waals surface area contributed by atoms with Crippen molar-refractivity contribution in [2.45, 2.75) is 18.8 Å². The minimum Gasteiger partial charge on any atom is -0.495 e. The van der Waals surface area contributed by atoms with Crippen LogP contribution in [0.3, 0.4) is 0 Å². The maximum Gasteiger partial charge on any atom is 0.137 e. The first-order valence-corrected chi connectivity index (χ1v) is 7.68. The molecule has 0 aliphatic heterocycles. The first-order valence-electron chi connectivity index (χ1n) is 7.30. The standard InChI is InChI=1S/C19H17ClO2/c1-22-19-9-6-13(11-18(19)20)10-15-8-7-14-4-2-3-5-16(14)17(15)12-21/h2-6,9-12,17H,7-8H2,1H3. The lowest BCUT2D eigenvalue weighted by molar-refractivity contribution is -0.108. The Bertz CT molecular complexity index is 734. The van der Waals surface area contributed by atoms with Gasteiger partial charge in [-0.25, -0.2) is 0 Å². The highest BCUT2D eigenvalue weighted by Crippen LogP contribution is 2.36. The summed E-state index contributed by atoms with van der Waals surface area (Å²) in [6.45, 7) is 0. The van der Waals surface area contributed by atoms with E-state index in [-0.39, 0.29) is 5.92 Å². The van der Waals surface area contributed by atoms with Crippen molar-refractivity contribution < 1.29 is 9.53 Å². The first kappa shape index (κ1) is 14.9. The number of carbonyl (C=O) groups excluding carboxylic acids is 1. The number of allylic oxidation sites excluding steroid dienone is 1. The molecule has 0 N–H and O–H groups in total. The van der Waals surface area contributed by atoms with Gasteiger partial charge in [-0.2, -0.15) is 0 Å². The Morgan fingerprint density at radius 3 is 2.73 bits per heavy atom. The predicted octanol–water partition coefficient (Wildman–Crippen LogP) is 4.66. The van der Waals surface area contributed by atoms with E-state index in [9.17, 15) is 4.79 Å². The number of carbonyl (C=O) groups is 1. The van der Waals surface area contributed by atoms with Crippen LogP contribution in [0.1, 0.15) is 29.0 Å². The third-order valence-corrected chi connectivity index (χ3v) is 4.43. The van der Waals surface area contributed by atoms with Gasteiger partial charge >= 0.3 is 0 Å². The Balaban J connectivity index is 1.98. The van der Waals surface area contributed by atoms with Crippen molar-refractivity contribution in [1.29, 1.82) is 0 Å². The largest absolute Gasteiger partial charge is 0.495 e. The number of rotatable bonds is 3. The smallest absolute Gasteiger partial charge is 0.137 e. The van der Waals surface area contributed by atoms with Crippen molar-refractivity contribution in [3.63, 3.8) is 0 Å². The highest BCUT2D eigenvalue weighted by molar-refractivity contribution is 6.32. The van der Waals surface area contributed by atoms with Gasteiger partial charge in [0.25, 0.3) is 0 Å². The van der Waals surface area contributed by atoms with Crippen LogP contribution in [0, 0.1) is 0 Å². The monoisotopic (exact) mass is 312 g/mol. The summed E-state index contributed by atoms with van der Waals surface area (Å²) in [5.41, 5.74) is 4.51. The number of aryl methyl sites for hydroxylation is 1. The van der Waals surface area contributed by atoms with Crippen LogP contribution in [0.15, 0.2) is 48.0 Å². The number of aldehydes is 1. The van der Waals surface area contributed by atoms with Gasteiger partial charge in [-0.3, -0.25) is 0 Å². The second kappa shape index (κ2) is 6.37. The molecule has 1 unspecified atom stereocenters. The van der Waals surface area contributed by atoms with E-state index in [1.54, 1.807) is 7.11 Å². The van der Waals surface area contributed by atoms with E-state index in [1.807, 2.05) is 36.4 Å². The van der Waals surface area contributed by atoms with Crippen molar-refractivity contribution >= 4 is 24.0 Å². The van der Waals surface area contributed by atoms with Crippen LogP contribution in [-0.4, -0.2) is 13.4 Å². The zero-order chi connectivity index (χ0) is 15.5. The van der Waals surface area contributed by atoms with Crippen LogP contribution in [-0.2, 0) is 11.2 Å². The number of fused-ring (bicyclic) bond motifs is 1. The SMILES string of the molecule is COc1ccc(C=C2CCc3ccccc3C2C=O)cc1Cl. The number of benzene rings is 2. The molecule has 0 saturated heterocycles. The fraction of sp³-hybridized carbons (Fsp3) is 0.211. The third-order valence-electron chi connectivity index (χ3n) is 4.14. The van der Waals surface area contributed by atoms with Crippen LogP contribution >= 0.6 is 11.6 Å². The second-order valence-electron chi connectivity index (χ2n) is 5.43. The van der Waals surface area contributed by atoms with Gasteiger partial charge in [0.1, 0.15) is 12.0 Å². The van der Waals surface area contributed by atoms with Gasteiger partial charge in [0, 0.05) is 0 Å². The maximum atomic E-state index is 11.6. The molecule has 3 rings (SSSR count). The molecule has 3 heteroatoms. The summed E-state index contributed by atoms with van der Waals surface area (Å²) >= 11 is 6.17. The lowest BCUT2D eigenvalue weighted by Gasteiger charge is -2.24. The molecule has 112 valence electrons. The molecule has 0 aromatic heterocycles. The zero-order valence-electron chi connectivity index (χ0n) is 12.4. The van der Waals surface area contributed by atoms with Crippen LogP contribution in [0.4, 0.5) is 0 Å². The van der Waals surface area contributed by atoms with E-state index in [0.29, 0.717) is 10.8 Å². The number of ether oxygens (including phenoxy) is 1. The predicted molar refractivity (Wildman–Crippen MR) is 89.5 cm³/mol. The van der Waals surface area contributed by atoms with Gasteiger partial charge in [-0.15, -0.1) is 0 Å². The second-order valence-corrected chi connectivity index (χ2v) is 5.83. The molecule has 1 aliphatic carbocycles. The van der Waals surface area contributed by atoms with Crippen LogP contribution in [0.2, 0.25) is 5.02 Å². The molecule has 0 bridgehead atoms. The molecular weight excluding hydrogens is 296 g/mol. The molecule has 0 amide bonds. The van der Waals surface area contributed by atoms with E-state index < -0.39 is 0 Å². The van der Waals surface area contributed by atoms with Crippen molar-refractivity contribution in [1.82, 2.24) is 0 Å². The Labute approximate surface area is 135 Å². The van der Waals surface area contributed by atoms with Crippen molar-refractivity contribution in [2.24, 2.45) is 0 Å². The van der Waals surface area contributed by atoms with E-state index in [4.69, 9.17) is 16.3 Å². The molecular formula is C19H17ClO2. The highest BCUT2D eigenvalue weighted by Gasteiger charge is 2.23. The molecule has 2 nitrogen and oxygen atoms in total. The van der Waals surface area contributed by atoms with Gasteiger partial charge < -0.3 is 9.53 Å². The Morgan fingerprint density at radius 2 is 2.00 bits per heavy atom. The van der Waals surface area contributed by atoms with Gasteiger partial charge in [0.05, 0.1) is 18.1 Å². The van der Waals surface area contributed by atoms with Crippen molar-refractivity contribution in [3.8, 4) is 5.75 Å². The molecule has 1 aliphatic rings. The first-order chi connectivity index (χ1) is 10.7. The molecule has 0 fully saturated rings. The Morgan fingerprint density at radius 1 is 1.18 bits per heavy atom. The lowest BCUT2D eigenvalue weighted by atomic mass is 9.79. The molecule has 2 aromatic carbocycles. The molecule has 2 aromatic rings. The normalized spacial score (nSPS) is 18.8. The fourth-order valence-electron chi connectivity index (χ4n) is 3.01. The summed E-state index contributed by atoms with van der Waals surface area (Å²) in [6, 6.07) is 13.8. The van der Waals surface area contributed by atoms with E-state index >= 15 is 0 Å². The Kier molecular flexibility index (Phi) is 4.30. The maximum absolute atomic E-state index is 11.6. The Hall–Kier alpha value is -2.06. The zero-order valence-corrected chi connectivity index (χ0v) is 13.1. The number of methoxy groups -OCH3 is 1. The van der Waals surface area contributed by atoms with Crippen LogP contribution < -0.4 is 4.74 Å². The van der Waals surface area contributed by atoms with Crippen molar-refractivity contribution in [2.75, 3.05) is 7.11 Å². The molecule has 22 heavy (non-hydrogen) atoms. The average molecular weight is 313 g/mol. The summed E-state index contributed by atoms with van der Waals surface area (Å²) in [6.07, 6.45) is 4.97. The van der Waals surface area contributed by atoms with E-state index in [1.165, 1.54) is 5.56 Å². The minimum absolute atomic E-state index is 0.161. The number of hydrogen-bond acceptors (Lipinski definition) is 2. The summed E-state index contributed by atoms with van der Waals surface area (Å²) in [5.74, 6) is 0.496. The molecule has 0 heterocycles. The number of halogens is 1. The highest BCUT2D eigenvalue weighted by atomic mass is 35.5. The summed E-state index contributed by atoms with van der Waals surface area (Å²) in [7, 11) is 1.60. The quantitative estimate of drug-likeness (QED) is 0.770. The number of hydrogen-bond donors (Lipinski definition) is 0. The topological polar surface area (TPSA) is 26.3 Å². The van der Waals surface area contributed by atoms with Crippen LogP contribution in [0.5, 0.6) is 5.75 Å². The van der Waals surface area contributed by atoms with Crippen molar-refractivity contribution in [3.05, 3.63) is 69.8 Å². The lowest BCUT2D eigenvalue weighted by Crippen LogP contribution is -2.13. The van der Waals surface area contributed by atoms with Gasteiger partial charge in [0.2, 0.25) is 0 Å². The molecule has 1 atom stereocenters. The van der Waals surface area contributed by atoms with Gasteiger partial charge in [-0.05, 0) is 41.7 Å². The summed E-state index contributed by atoms with van der Waals surface area (Å²) in [4.78, 5) is 11.6.